The van der Waals surface area contributed by atoms with E-state index in [1.807, 2.05) is 5.38 Å². The van der Waals surface area contributed by atoms with E-state index >= 15 is 0 Å². The molecule has 0 spiro atoms. The van der Waals surface area contributed by atoms with Crippen LogP contribution < -0.4 is 0 Å². The lowest BCUT2D eigenvalue weighted by Crippen LogP contribution is -1.81. The van der Waals surface area contributed by atoms with Gasteiger partial charge in [0.2, 0.25) is 6.08 Å². The van der Waals surface area contributed by atoms with E-state index in [0.29, 0.717) is 0 Å². The first kappa shape index (κ1) is 10.5. The van der Waals surface area contributed by atoms with Crippen LogP contribution in [-0.2, 0) is 11.3 Å². The van der Waals surface area contributed by atoms with Crippen LogP contribution in [0, 0.1) is 0 Å². The van der Waals surface area contributed by atoms with Gasteiger partial charge < -0.3 is 5.11 Å². The van der Waals surface area contributed by atoms with E-state index in [1.54, 1.807) is 24.3 Å². The molecule has 2 rings (SSSR count). The highest BCUT2D eigenvalue weighted by Crippen LogP contribution is 2.25. The Kier molecular flexibility index (Phi) is 3.10. The van der Waals surface area contributed by atoms with Crippen molar-refractivity contribution in [2.45, 2.75) is 6.54 Å². The molecule has 0 atom stereocenters. The molecular weight excluding hydrogens is 224 g/mol. The number of isocyanates is 1. The zero-order valence-corrected chi connectivity index (χ0v) is 9.07. The van der Waals surface area contributed by atoms with Crippen molar-refractivity contribution in [2.24, 2.45) is 4.99 Å². The predicted molar refractivity (Wildman–Crippen MR) is 61.0 cm³/mol. The number of aromatic hydroxyl groups is 1. The highest BCUT2D eigenvalue weighted by molar-refractivity contribution is 7.13. The third-order valence-electron chi connectivity index (χ3n) is 1.97. The Labute approximate surface area is 95.9 Å². The van der Waals surface area contributed by atoms with Crippen molar-refractivity contribution in [3.05, 3.63) is 35.3 Å². The Morgan fingerprint density at radius 1 is 1.38 bits per heavy atom. The Balaban J connectivity index is 2.24. The maximum absolute atomic E-state index is 9.95. The van der Waals surface area contributed by atoms with Crippen LogP contribution in [0.2, 0.25) is 0 Å². The van der Waals surface area contributed by atoms with Crippen LogP contribution in [0.4, 0.5) is 0 Å². The van der Waals surface area contributed by atoms with Gasteiger partial charge in [-0.25, -0.2) is 9.78 Å². The van der Waals surface area contributed by atoms with Gasteiger partial charge in [-0.3, -0.25) is 0 Å². The van der Waals surface area contributed by atoms with Gasteiger partial charge in [-0.15, -0.1) is 11.3 Å². The lowest BCUT2D eigenvalue weighted by molar-refractivity contribution is 0.475. The van der Waals surface area contributed by atoms with Crippen LogP contribution in [0.3, 0.4) is 0 Å². The molecule has 1 aromatic carbocycles. The molecule has 1 heterocycles. The molecular formula is C11H8N2O2S. The Hall–Kier alpha value is -1.97. The molecule has 0 radical (unpaired) electrons. The summed E-state index contributed by atoms with van der Waals surface area (Å²) in [6, 6.07) is 6.81. The number of nitrogens with zero attached hydrogens (tertiary/aromatic N) is 2. The first-order chi connectivity index (χ1) is 7.79. The quantitative estimate of drug-likeness (QED) is 0.652. The first-order valence-electron chi connectivity index (χ1n) is 4.57. The van der Waals surface area contributed by atoms with Gasteiger partial charge in [0, 0.05) is 10.9 Å². The Morgan fingerprint density at radius 3 is 2.81 bits per heavy atom. The fourth-order valence-electron chi connectivity index (χ4n) is 1.23. The fraction of sp³-hybridized carbons (Fsp3) is 0.0909. The molecule has 2 aromatic rings. The second-order valence-electron chi connectivity index (χ2n) is 3.10. The van der Waals surface area contributed by atoms with Crippen molar-refractivity contribution in [3.63, 3.8) is 0 Å². The van der Waals surface area contributed by atoms with Gasteiger partial charge in [-0.1, -0.05) is 0 Å². The van der Waals surface area contributed by atoms with E-state index in [9.17, 15) is 4.79 Å². The highest BCUT2D eigenvalue weighted by Gasteiger charge is 2.04. The third kappa shape index (κ3) is 2.34. The zero-order chi connectivity index (χ0) is 11.4. The van der Waals surface area contributed by atoms with E-state index in [1.165, 1.54) is 17.4 Å². The smallest absolute Gasteiger partial charge is 0.235 e. The number of rotatable bonds is 3. The van der Waals surface area contributed by atoms with Gasteiger partial charge >= 0.3 is 0 Å². The molecule has 0 aliphatic carbocycles. The van der Waals surface area contributed by atoms with E-state index in [-0.39, 0.29) is 12.3 Å². The largest absolute Gasteiger partial charge is 0.508 e. The van der Waals surface area contributed by atoms with E-state index in [4.69, 9.17) is 5.11 Å². The molecule has 0 bridgehead atoms. The molecule has 1 N–H and O–H groups in total. The number of phenols is 1. The molecule has 0 aliphatic rings. The van der Waals surface area contributed by atoms with Gasteiger partial charge in [-0.2, -0.15) is 4.99 Å². The Bertz CT molecular complexity index is 527. The first-order valence-corrected chi connectivity index (χ1v) is 5.45. The number of aliphatic imine (C=N–C) groups is 1. The monoisotopic (exact) mass is 232 g/mol. The number of carbonyl (C=O) groups excluding carboxylic acids is 1. The van der Waals surface area contributed by atoms with Gasteiger partial charge in [0.15, 0.2) is 0 Å². The lowest BCUT2D eigenvalue weighted by Gasteiger charge is -1.95. The molecule has 0 aliphatic heterocycles. The minimum atomic E-state index is 0.228. The summed E-state index contributed by atoms with van der Waals surface area (Å²) < 4.78 is 0. The topological polar surface area (TPSA) is 62.5 Å². The van der Waals surface area contributed by atoms with Gasteiger partial charge in [0.1, 0.15) is 10.8 Å². The molecule has 16 heavy (non-hydrogen) atoms. The number of benzene rings is 1. The van der Waals surface area contributed by atoms with Crippen molar-refractivity contribution in [3.8, 4) is 16.3 Å². The number of hydrogen-bond donors (Lipinski definition) is 1. The third-order valence-corrected chi connectivity index (χ3v) is 2.91. The summed E-state index contributed by atoms with van der Waals surface area (Å²) in [5.74, 6) is 0.228. The van der Waals surface area contributed by atoms with Crippen LogP contribution in [0.25, 0.3) is 10.6 Å². The van der Waals surface area contributed by atoms with Crippen LogP contribution >= 0.6 is 11.3 Å². The molecule has 0 unspecified atom stereocenters. The summed E-state index contributed by atoms with van der Waals surface area (Å²) in [5, 5.41) is 11.8. The van der Waals surface area contributed by atoms with Crippen LogP contribution in [0.1, 0.15) is 5.69 Å². The fourth-order valence-corrected chi connectivity index (χ4v) is 2.05. The second kappa shape index (κ2) is 4.70. The number of aromatic nitrogens is 1. The molecule has 80 valence electrons. The molecule has 1 aromatic heterocycles. The summed E-state index contributed by atoms with van der Waals surface area (Å²) in [7, 11) is 0. The normalized spacial score (nSPS) is 9.75. The number of phenolic OH excluding ortho intramolecular Hbond substituents is 1. The lowest BCUT2D eigenvalue weighted by atomic mass is 10.2. The summed E-state index contributed by atoms with van der Waals surface area (Å²) >= 11 is 1.48. The van der Waals surface area contributed by atoms with Crippen molar-refractivity contribution in [1.82, 2.24) is 4.98 Å². The Morgan fingerprint density at radius 2 is 2.12 bits per heavy atom. The predicted octanol–water partition coefficient (Wildman–Crippen LogP) is 2.35. The second-order valence-corrected chi connectivity index (χ2v) is 3.96. The van der Waals surface area contributed by atoms with Crippen molar-refractivity contribution >= 4 is 17.4 Å². The molecule has 5 heteroatoms. The van der Waals surface area contributed by atoms with Crippen LogP contribution in [0.15, 0.2) is 34.6 Å². The summed E-state index contributed by atoms with van der Waals surface area (Å²) in [6.07, 6.45) is 1.48. The molecule has 4 nitrogen and oxygen atoms in total. The van der Waals surface area contributed by atoms with Gasteiger partial charge in [0.25, 0.3) is 0 Å². The maximum Gasteiger partial charge on any atom is 0.235 e. The zero-order valence-electron chi connectivity index (χ0n) is 8.25. The number of thiazole rings is 1. The maximum atomic E-state index is 9.95. The van der Waals surface area contributed by atoms with Crippen molar-refractivity contribution in [1.29, 1.82) is 0 Å². The molecule has 0 saturated heterocycles. The molecule has 0 saturated carbocycles. The van der Waals surface area contributed by atoms with E-state index < -0.39 is 0 Å². The minimum absolute atomic E-state index is 0.228. The van der Waals surface area contributed by atoms with Gasteiger partial charge in [0.05, 0.1) is 12.2 Å². The SMILES string of the molecule is O=C=NCc1csc(-c2ccc(O)cc2)n1. The van der Waals surface area contributed by atoms with Crippen molar-refractivity contribution in [2.75, 3.05) is 0 Å². The average Bonchev–Trinajstić information content (AvgIpc) is 2.76. The van der Waals surface area contributed by atoms with Gasteiger partial charge in [-0.05, 0) is 24.3 Å². The summed E-state index contributed by atoms with van der Waals surface area (Å²) in [5.41, 5.74) is 1.68. The average molecular weight is 232 g/mol. The summed E-state index contributed by atoms with van der Waals surface area (Å²) in [6.45, 7) is 0.262. The highest BCUT2D eigenvalue weighted by atomic mass is 32.1. The number of hydrogen-bond acceptors (Lipinski definition) is 5. The summed E-state index contributed by atoms with van der Waals surface area (Å²) in [4.78, 5) is 17.7. The van der Waals surface area contributed by atoms with Crippen LogP contribution in [0.5, 0.6) is 5.75 Å². The van der Waals surface area contributed by atoms with E-state index in [0.717, 1.165) is 16.3 Å². The van der Waals surface area contributed by atoms with Crippen LogP contribution in [-0.4, -0.2) is 16.2 Å². The minimum Gasteiger partial charge on any atom is -0.508 e. The van der Waals surface area contributed by atoms with E-state index in [2.05, 4.69) is 9.98 Å². The standard InChI is InChI=1S/C11H8N2O2S/c14-7-12-5-9-6-16-11(13-9)8-1-3-10(15)4-2-8/h1-4,6,15H,5H2. The molecule has 0 amide bonds. The molecule has 0 fully saturated rings. The van der Waals surface area contributed by atoms with Crippen molar-refractivity contribution < 1.29 is 9.90 Å².